The monoisotopic (exact) mass is 278 g/mol. The molecule has 3 nitrogen and oxygen atoms in total. The van der Waals surface area contributed by atoms with Gasteiger partial charge in [0.05, 0.1) is 6.61 Å². The van der Waals surface area contributed by atoms with Gasteiger partial charge >= 0.3 is 0 Å². The minimum absolute atomic E-state index is 0.415. The van der Waals surface area contributed by atoms with Gasteiger partial charge in [-0.1, -0.05) is 30.3 Å². The smallest absolute Gasteiger partial charge is 0.122 e. The Balaban J connectivity index is 1.70. The van der Waals surface area contributed by atoms with Crippen LogP contribution in [0.4, 0.5) is 0 Å². The van der Waals surface area contributed by atoms with Gasteiger partial charge in [0.1, 0.15) is 5.75 Å². The van der Waals surface area contributed by atoms with Gasteiger partial charge in [-0.15, -0.1) is 0 Å². The predicted octanol–water partition coefficient (Wildman–Crippen LogP) is 3.28. The molecule has 0 amide bonds. The van der Waals surface area contributed by atoms with Crippen LogP contribution in [0.1, 0.15) is 17.0 Å². The van der Waals surface area contributed by atoms with Gasteiger partial charge in [-0.05, 0) is 23.8 Å². The highest BCUT2D eigenvalue weighted by Crippen LogP contribution is 2.35. The molecule has 1 atom stereocenters. The van der Waals surface area contributed by atoms with E-state index in [1.807, 2.05) is 6.07 Å². The van der Waals surface area contributed by atoms with E-state index in [9.17, 15) is 0 Å². The van der Waals surface area contributed by atoms with Gasteiger partial charge in [0, 0.05) is 41.7 Å². The largest absolute Gasteiger partial charge is 0.493 e. The van der Waals surface area contributed by atoms with Crippen LogP contribution in [0.25, 0.3) is 10.9 Å². The fourth-order valence-corrected chi connectivity index (χ4v) is 3.24. The number of nitrogens with zero attached hydrogens (tertiary/aromatic N) is 1. The first kappa shape index (κ1) is 12.5. The van der Waals surface area contributed by atoms with Crippen molar-refractivity contribution in [3.63, 3.8) is 0 Å². The third-order valence-corrected chi connectivity index (χ3v) is 4.34. The number of ether oxygens (including phenoxy) is 1. The molecule has 2 N–H and O–H groups in total. The van der Waals surface area contributed by atoms with E-state index in [-0.39, 0.29) is 0 Å². The van der Waals surface area contributed by atoms with E-state index in [0.717, 1.165) is 18.9 Å². The molecular formula is C18H18N2O. The van der Waals surface area contributed by atoms with Crippen molar-refractivity contribution in [1.82, 2.24) is 4.57 Å². The van der Waals surface area contributed by atoms with Crippen LogP contribution in [0.5, 0.6) is 5.75 Å². The average molecular weight is 278 g/mol. The molecule has 1 aromatic heterocycles. The highest BCUT2D eigenvalue weighted by molar-refractivity contribution is 5.83. The lowest BCUT2D eigenvalue weighted by Gasteiger charge is -2.12. The van der Waals surface area contributed by atoms with E-state index in [4.69, 9.17) is 10.5 Å². The quantitative estimate of drug-likeness (QED) is 0.798. The molecule has 0 aliphatic carbocycles. The second-order valence-electron chi connectivity index (χ2n) is 5.57. The molecule has 2 aromatic carbocycles. The summed E-state index contributed by atoms with van der Waals surface area (Å²) in [6.45, 7) is 2.28. The van der Waals surface area contributed by atoms with Gasteiger partial charge in [0.25, 0.3) is 0 Å². The molecular weight excluding hydrogens is 260 g/mol. The minimum atomic E-state index is 0.415. The number of nitrogens with two attached hydrogens (primary N) is 1. The van der Waals surface area contributed by atoms with Gasteiger partial charge in [-0.2, -0.15) is 0 Å². The van der Waals surface area contributed by atoms with E-state index in [0.29, 0.717) is 12.5 Å². The van der Waals surface area contributed by atoms with Crippen molar-refractivity contribution in [3.05, 3.63) is 65.9 Å². The maximum atomic E-state index is 5.82. The summed E-state index contributed by atoms with van der Waals surface area (Å²) >= 11 is 0. The Morgan fingerprint density at radius 1 is 1.10 bits per heavy atom. The third kappa shape index (κ3) is 2.01. The number of fused-ring (bicyclic) bond motifs is 2. The Morgan fingerprint density at radius 3 is 2.90 bits per heavy atom. The molecule has 3 heteroatoms. The summed E-state index contributed by atoms with van der Waals surface area (Å²) in [5.41, 5.74) is 9.59. The molecule has 0 saturated carbocycles. The zero-order valence-electron chi connectivity index (χ0n) is 11.8. The molecule has 3 aromatic rings. The van der Waals surface area contributed by atoms with Crippen LogP contribution in [0.2, 0.25) is 0 Å². The van der Waals surface area contributed by atoms with Gasteiger partial charge in [0.15, 0.2) is 0 Å². The molecule has 0 radical (unpaired) electrons. The Morgan fingerprint density at radius 2 is 2.00 bits per heavy atom. The van der Waals surface area contributed by atoms with Crippen molar-refractivity contribution in [2.45, 2.75) is 19.0 Å². The normalized spacial score (nSPS) is 16.9. The molecule has 21 heavy (non-hydrogen) atoms. The number of para-hydroxylation sites is 1. The standard InChI is InChI=1S/C18H18N2O/c19-10-13-4-3-6-17-15(13)8-9-20(17)11-14-12-21-18-7-2-1-5-16(14)18/h1-9,14H,10-12,19H2. The summed E-state index contributed by atoms with van der Waals surface area (Å²) in [6, 6.07) is 16.8. The second kappa shape index (κ2) is 4.93. The minimum Gasteiger partial charge on any atom is -0.493 e. The fraction of sp³-hybridized carbons (Fsp3) is 0.222. The maximum Gasteiger partial charge on any atom is 0.122 e. The molecule has 106 valence electrons. The van der Waals surface area contributed by atoms with E-state index < -0.39 is 0 Å². The molecule has 4 rings (SSSR count). The Kier molecular flexibility index (Phi) is 2.93. The number of rotatable bonds is 3. The number of hydrogen-bond donors (Lipinski definition) is 1. The highest BCUT2D eigenvalue weighted by atomic mass is 16.5. The molecule has 0 bridgehead atoms. The lowest BCUT2D eigenvalue weighted by atomic mass is 10.0. The second-order valence-corrected chi connectivity index (χ2v) is 5.57. The molecule has 0 fully saturated rings. The third-order valence-electron chi connectivity index (χ3n) is 4.34. The SMILES string of the molecule is NCc1cccc2c1ccn2CC1COc2ccccc21. The van der Waals surface area contributed by atoms with Gasteiger partial charge in [-0.3, -0.25) is 0 Å². The first-order chi connectivity index (χ1) is 10.4. The zero-order chi connectivity index (χ0) is 14.2. The summed E-state index contributed by atoms with van der Waals surface area (Å²) in [5.74, 6) is 1.44. The fourth-order valence-electron chi connectivity index (χ4n) is 3.24. The Bertz CT molecular complexity index is 791. The molecule has 0 spiro atoms. The van der Waals surface area contributed by atoms with Crippen LogP contribution < -0.4 is 10.5 Å². The molecule has 1 unspecified atom stereocenters. The van der Waals surface area contributed by atoms with Crippen molar-refractivity contribution < 1.29 is 4.74 Å². The van der Waals surface area contributed by atoms with Gasteiger partial charge < -0.3 is 15.0 Å². The summed E-state index contributed by atoms with van der Waals surface area (Å²) in [6.07, 6.45) is 2.16. The summed E-state index contributed by atoms with van der Waals surface area (Å²) in [5, 5.41) is 1.26. The van der Waals surface area contributed by atoms with Crippen molar-refractivity contribution in [2.75, 3.05) is 6.61 Å². The first-order valence-corrected chi connectivity index (χ1v) is 7.35. The van der Waals surface area contributed by atoms with Crippen LogP contribution in [0.3, 0.4) is 0 Å². The van der Waals surface area contributed by atoms with Gasteiger partial charge in [-0.25, -0.2) is 0 Å². The van der Waals surface area contributed by atoms with Crippen LogP contribution in [0, 0.1) is 0 Å². The number of hydrogen-bond acceptors (Lipinski definition) is 2. The van der Waals surface area contributed by atoms with Crippen molar-refractivity contribution in [1.29, 1.82) is 0 Å². The lowest BCUT2D eigenvalue weighted by Crippen LogP contribution is -2.09. The summed E-state index contributed by atoms with van der Waals surface area (Å²) < 4.78 is 8.09. The van der Waals surface area contributed by atoms with E-state index in [1.54, 1.807) is 0 Å². The summed E-state index contributed by atoms with van der Waals surface area (Å²) in [7, 11) is 0. The van der Waals surface area contributed by atoms with Crippen LogP contribution in [0.15, 0.2) is 54.7 Å². The average Bonchev–Trinajstić information content (AvgIpc) is 3.13. The Hall–Kier alpha value is -2.26. The van der Waals surface area contributed by atoms with Crippen LogP contribution in [-0.4, -0.2) is 11.2 Å². The molecule has 2 heterocycles. The number of benzene rings is 2. The van der Waals surface area contributed by atoms with Crippen LogP contribution in [-0.2, 0) is 13.1 Å². The predicted molar refractivity (Wildman–Crippen MR) is 84.5 cm³/mol. The molecule has 1 aliphatic rings. The maximum absolute atomic E-state index is 5.82. The Labute approximate surface area is 123 Å². The molecule has 0 saturated heterocycles. The summed E-state index contributed by atoms with van der Waals surface area (Å²) in [4.78, 5) is 0. The molecule has 1 aliphatic heterocycles. The highest BCUT2D eigenvalue weighted by Gasteiger charge is 2.24. The van der Waals surface area contributed by atoms with E-state index >= 15 is 0 Å². The van der Waals surface area contributed by atoms with Crippen molar-refractivity contribution in [3.8, 4) is 5.75 Å². The first-order valence-electron chi connectivity index (χ1n) is 7.35. The van der Waals surface area contributed by atoms with Crippen molar-refractivity contribution >= 4 is 10.9 Å². The lowest BCUT2D eigenvalue weighted by molar-refractivity contribution is 0.320. The van der Waals surface area contributed by atoms with E-state index in [2.05, 4.69) is 53.2 Å². The topological polar surface area (TPSA) is 40.2 Å². The van der Waals surface area contributed by atoms with Gasteiger partial charge in [0.2, 0.25) is 0 Å². The van der Waals surface area contributed by atoms with E-state index in [1.165, 1.54) is 22.0 Å². The van der Waals surface area contributed by atoms with Crippen LogP contribution >= 0.6 is 0 Å². The van der Waals surface area contributed by atoms with Crippen molar-refractivity contribution in [2.24, 2.45) is 5.73 Å². The number of aromatic nitrogens is 1. The zero-order valence-corrected chi connectivity index (χ0v) is 11.8.